The Balaban J connectivity index is 2.16. The van der Waals surface area contributed by atoms with Crippen LogP contribution in [0.5, 0.6) is 0 Å². The van der Waals surface area contributed by atoms with Crippen molar-refractivity contribution in [1.82, 2.24) is 10.3 Å². The van der Waals surface area contributed by atoms with Crippen molar-refractivity contribution in [3.63, 3.8) is 0 Å². The van der Waals surface area contributed by atoms with E-state index in [1.807, 2.05) is 26.0 Å². The molecule has 2 N–H and O–H groups in total. The Morgan fingerprint density at radius 2 is 2.00 bits per heavy atom. The highest BCUT2D eigenvalue weighted by Gasteiger charge is 2.15. The van der Waals surface area contributed by atoms with Gasteiger partial charge in [0.1, 0.15) is 0 Å². The number of nitrogens with zero attached hydrogens (tertiary/aromatic N) is 1. The van der Waals surface area contributed by atoms with Crippen LogP contribution in [0.4, 0.5) is 5.13 Å². The van der Waals surface area contributed by atoms with E-state index in [4.69, 9.17) is 0 Å². The Bertz CT molecular complexity index is 637. The standard InChI is InChI=1S/C13H17N3O2S2/c1-3-14-10(2)11-4-6-12(7-5-11)20(17,18)16-13-15-8-9-19-13/h4-10,14H,3H2,1-2H3,(H,15,16). The molecule has 2 aromatic rings. The molecule has 0 saturated carbocycles. The number of hydrogen-bond acceptors (Lipinski definition) is 5. The molecule has 0 fully saturated rings. The maximum Gasteiger partial charge on any atom is 0.263 e. The zero-order valence-electron chi connectivity index (χ0n) is 11.3. The van der Waals surface area contributed by atoms with Crippen molar-refractivity contribution in [1.29, 1.82) is 0 Å². The van der Waals surface area contributed by atoms with E-state index in [2.05, 4.69) is 15.0 Å². The second-order valence-corrected chi connectivity index (χ2v) is 6.87. The Labute approximate surface area is 123 Å². The van der Waals surface area contributed by atoms with Crippen molar-refractivity contribution < 1.29 is 8.42 Å². The van der Waals surface area contributed by atoms with E-state index in [1.54, 1.807) is 23.7 Å². The minimum atomic E-state index is -3.56. The van der Waals surface area contributed by atoms with Gasteiger partial charge in [0, 0.05) is 17.6 Å². The molecule has 1 aromatic heterocycles. The van der Waals surface area contributed by atoms with Gasteiger partial charge >= 0.3 is 0 Å². The maximum atomic E-state index is 12.1. The fourth-order valence-electron chi connectivity index (χ4n) is 1.81. The van der Waals surface area contributed by atoms with Crippen LogP contribution in [-0.2, 0) is 10.0 Å². The largest absolute Gasteiger partial charge is 0.310 e. The summed E-state index contributed by atoms with van der Waals surface area (Å²) in [4.78, 5) is 4.15. The van der Waals surface area contributed by atoms with E-state index in [1.165, 1.54) is 11.3 Å². The van der Waals surface area contributed by atoms with Crippen LogP contribution in [0.15, 0.2) is 40.7 Å². The van der Waals surface area contributed by atoms with Gasteiger partial charge in [-0.15, -0.1) is 11.3 Å². The van der Waals surface area contributed by atoms with Gasteiger partial charge < -0.3 is 5.32 Å². The van der Waals surface area contributed by atoms with Crippen LogP contribution in [0.2, 0.25) is 0 Å². The van der Waals surface area contributed by atoms with Crippen LogP contribution in [-0.4, -0.2) is 19.9 Å². The predicted octanol–water partition coefficient (Wildman–Crippen LogP) is 2.61. The molecule has 0 aliphatic carbocycles. The summed E-state index contributed by atoms with van der Waals surface area (Å²) < 4.78 is 26.7. The first-order chi connectivity index (χ1) is 9.53. The van der Waals surface area contributed by atoms with Crippen molar-refractivity contribution in [2.45, 2.75) is 24.8 Å². The van der Waals surface area contributed by atoms with Gasteiger partial charge in [0.05, 0.1) is 4.90 Å². The van der Waals surface area contributed by atoms with Gasteiger partial charge in [-0.25, -0.2) is 13.4 Å². The molecule has 1 heterocycles. The number of benzene rings is 1. The molecule has 5 nitrogen and oxygen atoms in total. The molecule has 0 spiro atoms. The normalized spacial score (nSPS) is 13.1. The van der Waals surface area contributed by atoms with Crippen molar-refractivity contribution in [2.24, 2.45) is 0 Å². The number of sulfonamides is 1. The minimum absolute atomic E-state index is 0.198. The van der Waals surface area contributed by atoms with Crippen molar-refractivity contribution in [3.8, 4) is 0 Å². The molecule has 108 valence electrons. The smallest absolute Gasteiger partial charge is 0.263 e. The lowest BCUT2D eigenvalue weighted by atomic mass is 10.1. The summed E-state index contributed by atoms with van der Waals surface area (Å²) in [5.74, 6) is 0. The summed E-state index contributed by atoms with van der Waals surface area (Å²) in [6, 6.07) is 7.06. The molecule has 20 heavy (non-hydrogen) atoms. The Hall–Kier alpha value is -1.44. The summed E-state index contributed by atoms with van der Waals surface area (Å²) >= 11 is 1.25. The van der Waals surface area contributed by atoms with E-state index >= 15 is 0 Å². The van der Waals surface area contributed by atoms with Gasteiger partial charge in [-0.2, -0.15) is 0 Å². The van der Waals surface area contributed by atoms with E-state index in [-0.39, 0.29) is 10.9 Å². The zero-order valence-corrected chi connectivity index (χ0v) is 13.0. The van der Waals surface area contributed by atoms with Crippen molar-refractivity contribution >= 4 is 26.5 Å². The molecule has 0 aliphatic rings. The molecule has 2 rings (SSSR count). The highest BCUT2D eigenvalue weighted by atomic mass is 32.2. The van der Waals surface area contributed by atoms with Gasteiger partial charge in [0.15, 0.2) is 5.13 Å². The highest BCUT2D eigenvalue weighted by Crippen LogP contribution is 2.20. The minimum Gasteiger partial charge on any atom is -0.310 e. The molecule has 0 amide bonds. The lowest BCUT2D eigenvalue weighted by Crippen LogP contribution is -2.18. The molecular formula is C13H17N3O2S2. The molecule has 0 aliphatic heterocycles. The van der Waals surface area contributed by atoms with E-state index in [0.717, 1.165) is 12.1 Å². The lowest BCUT2D eigenvalue weighted by molar-refractivity contribution is 0.594. The third-order valence-corrected chi connectivity index (χ3v) is 5.03. The summed E-state index contributed by atoms with van der Waals surface area (Å²) in [7, 11) is -3.56. The van der Waals surface area contributed by atoms with Crippen LogP contribution in [0, 0.1) is 0 Å². The number of nitrogens with one attached hydrogen (secondary N) is 2. The first-order valence-electron chi connectivity index (χ1n) is 6.28. The summed E-state index contributed by atoms with van der Waals surface area (Å²) in [5, 5.41) is 5.37. The van der Waals surface area contributed by atoms with Gasteiger partial charge in [-0.05, 0) is 31.2 Å². The Morgan fingerprint density at radius 3 is 2.55 bits per heavy atom. The van der Waals surface area contributed by atoms with E-state index in [0.29, 0.717) is 5.13 Å². The molecule has 0 radical (unpaired) electrons. The monoisotopic (exact) mass is 311 g/mol. The second-order valence-electron chi connectivity index (χ2n) is 4.29. The van der Waals surface area contributed by atoms with Crippen LogP contribution in [0.1, 0.15) is 25.5 Å². The molecule has 1 atom stereocenters. The molecule has 1 aromatic carbocycles. The zero-order chi connectivity index (χ0) is 14.6. The van der Waals surface area contributed by atoms with Crippen molar-refractivity contribution in [3.05, 3.63) is 41.4 Å². The quantitative estimate of drug-likeness (QED) is 0.860. The van der Waals surface area contributed by atoms with Gasteiger partial charge in [0.2, 0.25) is 0 Å². The van der Waals surface area contributed by atoms with E-state index < -0.39 is 10.0 Å². The molecular weight excluding hydrogens is 294 g/mol. The molecule has 0 saturated heterocycles. The van der Waals surface area contributed by atoms with Crippen LogP contribution < -0.4 is 10.0 Å². The molecule has 7 heteroatoms. The predicted molar refractivity (Wildman–Crippen MR) is 81.5 cm³/mol. The molecule has 1 unspecified atom stereocenters. The van der Waals surface area contributed by atoms with Crippen molar-refractivity contribution in [2.75, 3.05) is 11.3 Å². The third kappa shape index (κ3) is 3.56. The van der Waals surface area contributed by atoms with Gasteiger partial charge in [0.25, 0.3) is 10.0 Å². The number of hydrogen-bond donors (Lipinski definition) is 2. The fourth-order valence-corrected chi connectivity index (χ4v) is 3.60. The van der Waals surface area contributed by atoms with Crippen LogP contribution in [0.3, 0.4) is 0 Å². The third-order valence-electron chi connectivity index (χ3n) is 2.85. The topological polar surface area (TPSA) is 71.1 Å². The van der Waals surface area contributed by atoms with Crippen LogP contribution >= 0.6 is 11.3 Å². The van der Waals surface area contributed by atoms with E-state index in [9.17, 15) is 8.42 Å². The summed E-state index contributed by atoms with van der Waals surface area (Å²) in [6.45, 7) is 4.95. The summed E-state index contributed by atoms with van der Waals surface area (Å²) in [6.07, 6.45) is 1.56. The first-order valence-corrected chi connectivity index (χ1v) is 8.65. The summed E-state index contributed by atoms with van der Waals surface area (Å²) in [5.41, 5.74) is 1.06. The Morgan fingerprint density at radius 1 is 1.30 bits per heavy atom. The maximum absolute atomic E-state index is 12.1. The highest BCUT2D eigenvalue weighted by molar-refractivity contribution is 7.93. The lowest BCUT2D eigenvalue weighted by Gasteiger charge is -2.13. The number of thiazole rings is 1. The first kappa shape index (κ1) is 15.0. The average Bonchev–Trinajstić information content (AvgIpc) is 2.91. The van der Waals surface area contributed by atoms with Gasteiger partial charge in [-0.3, -0.25) is 4.72 Å². The number of aromatic nitrogens is 1. The van der Waals surface area contributed by atoms with Crippen LogP contribution in [0.25, 0.3) is 0 Å². The SMILES string of the molecule is CCNC(C)c1ccc(S(=O)(=O)Nc2nccs2)cc1. The molecule has 0 bridgehead atoms. The average molecular weight is 311 g/mol. The van der Waals surface area contributed by atoms with Gasteiger partial charge in [-0.1, -0.05) is 19.1 Å². The second kappa shape index (κ2) is 6.34. The number of anilines is 1. The number of rotatable bonds is 6. The fraction of sp³-hybridized carbons (Fsp3) is 0.308. The Kier molecular flexibility index (Phi) is 4.74.